The number of hydrogen-bond acceptors (Lipinski definition) is 5. The summed E-state index contributed by atoms with van der Waals surface area (Å²) in [5.41, 5.74) is 2.74. The van der Waals surface area contributed by atoms with Crippen molar-refractivity contribution in [1.82, 2.24) is 14.8 Å². The monoisotopic (exact) mass is 478 g/mol. The second kappa shape index (κ2) is 11.0. The summed E-state index contributed by atoms with van der Waals surface area (Å²) in [5, 5.41) is 13.0. The minimum atomic E-state index is -0.131. The minimum absolute atomic E-state index is 0.131. The number of rotatable bonds is 9. The number of halogens is 1. The molecular weight excluding hydrogens is 456 g/mol. The second-order valence-corrected chi connectivity index (χ2v) is 8.55. The Morgan fingerprint density at radius 3 is 2.42 bits per heavy atom. The maximum absolute atomic E-state index is 12.5. The molecule has 1 aromatic heterocycles. The van der Waals surface area contributed by atoms with Crippen LogP contribution in [0.2, 0.25) is 5.02 Å². The van der Waals surface area contributed by atoms with Crippen molar-refractivity contribution >= 4 is 35.0 Å². The van der Waals surface area contributed by atoms with Gasteiger partial charge in [-0.05, 0) is 61.0 Å². The molecule has 8 heteroatoms. The number of carbonyl (C=O) groups excluding carboxylic acids is 1. The van der Waals surface area contributed by atoms with Crippen LogP contribution in [0.1, 0.15) is 18.3 Å². The van der Waals surface area contributed by atoms with Crippen LogP contribution >= 0.6 is 23.4 Å². The van der Waals surface area contributed by atoms with Crippen LogP contribution in [-0.4, -0.2) is 33.0 Å². The van der Waals surface area contributed by atoms with Gasteiger partial charge >= 0.3 is 0 Å². The van der Waals surface area contributed by atoms with Gasteiger partial charge in [0.1, 0.15) is 11.6 Å². The smallest absolute Gasteiger partial charge is 0.234 e. The maximum atomic E-state index is 12.5. The van der Waals surface area contributed by atoms with Crippen molar-refractivity contribution in [3.05, 3.63) is 95.3 Å². The van der Waals surface area contributed by atoms with Crippen LogP contribution in [0.15, 0.2) is 84.0 Å². The van der Waals surface area contributed by atoms with E-state index in [2.05, 4.69) is 27.6 Å². The molecule has 4 aromatic rings. The number of ether oxygens (including phenoxy) is 1. The van der Waals surface area contributed by atoms with Crippen molar-refractivity contribution in [2.45, 2.75) is 18.5 Å². The topological polar surface area (TPSA) is 69.0 Å². The van der Waals surface area contributed by atoms with Crippen molar-refractivity contribution in [2.24, 2.45) is 0 Å². The first-order chi connectivity index (χ1) is 16.1. The van der Waals surface area contributed by atoms with Gasteiger partial charge < -0.3 is 10.1 Å². The Bertz CT molecular complexity index is 1200. The molecule has 1 heterocycles. The molecule has 0 spiro atoms. The van der Waals surface area contributed by atoms with E-state index >= 15 is 0 Å². The molecule has 0 aliphatic heterocycles. The molecular formula is C25H23ClN4O2S. The van der Waals surface area contributed by atoms with Crippen molar-refractivity contribution in [2.75, 3.05) is 17.7 Å². The molecule has 0 radical (unpaired) electrons. The van der Waals surface area contributed by atoms with E-state index in [9.17, 15) is 4.79 Å². The fourth-order valence-electron chi connectivity index (χ4n) is 3.26. The third-order valence-corrected chi connectivity index (χ3v) is 5.95. The molecule has 0 bridgehead atoms. The molecule has 0 aliphatic rings. The fraction of sp³-hybridized carbons (Fsp3) is 0.160. The van der Waals surface area contributed by atoms with Crippen molar-refractivity contribution in [3.8, 4) is 11.4 Å². The van der Waals surface area contributed by atoms with Gasteiger partial charge in [-0.2, -0.15) is 0 Å². The Morgan fingerprint density at radius 2 is 1.73 bits per heavy atom. The predicted octanol–water partition coefficient (Wildman–Crippen LogP) is 5.64. The summed E-state index contributed by atoms with van der Waals surface area (Å²) < 4.78 is 7.56. The lowest BCUT2D eigenvalue weighted by Gasteiger charge is -2.12. The first-order valence-corrected chi connectivity index (χ1v) is 11.9. The lowest BCUT2D eigenvalue weighted by molar-refractivity contribution is -0.113. The average molecular weight is 479 g/mol. The number of anilines is 1. The van der Waals surface area contributed by atoms with Gasteiger partial charge in [-0.3, -0.25) is 9.36 Å². The lowest BCUT2D eigenvalue weighted by Crippen LogP contribution is -2.14. The molecule has 3 aromatic carbocycles. The molecule has 6 nitrogen and oxygen atoms in total. The number of carbonyl (C=O) groups is 1. The number of thioether (sulfide) groups is 1. The standard InChI is InChI=1S/C25H23ClN4O2S/c1-2-32-22-14-12-21(13-15-22)30-23(16-18-6-4-3-5-7-18)28-29-25(30)33-17-24(31)27-20-10-8-19(26)9-11-20/h3-15H,2,16-17H2,1H3,(H,27,31). The summed E-state index contributed by atoms with van der Waals surface area (Å²) in [4.78, 5) is 12.5. The van der Waals surface area contributed by atoms with Gasteiger partial charge in [-0.1, -0.05) is 53.7 Å². The van der Waals surface area contributed by atoms with Crippen LogP contribution in [0.5, 0.6) is 5.75 Å². The minimum Gasteiger partial charge on any atom is -0.494 e. The molecule has 0 aliphatic carbocycles. The molecule has 4 rings (SSSR count). The molecule has 0 saturated heterocycles. The van der Waals surface area contributed by atoms with Crippen LogP contribution < -0.4 is 10.1 Å². The quantitative estimate of drug-likeness (QED) is 0.315. The predicted molar refractivity (Wildman–Crippen MR) is 133 cm³/mol. The van der Waals surface area contributed by atoms with E-state index in [1.807, 2.05) is 54.0 Å². The molecule has 1 amide bonds. The second-order valence-electron chi connectivity index (χ2n) is 7.17. The van der Waals surface area contributed by atoms with Crippen LogP contribution in [0.25, 0.3) is 5.69 Å². The normalized spacial score (nSPS) is 10.7. The molecule has 1 N–H and O–H groups in total. The van der Waals surface area contributed by atoms with Crippen molar-refractivity contribution in [1.29, 1.82) is 0 Å². The Kier molecular flexibility index (Phi) is 7.65. The van der Waals surface area contributed by atoms with E-state index < -0.39 is 0 Å². The SMILES string of the molecule is CCOc1ccc(-n2c(Cc3ccccc3)nnc2SCC(=O)Nc2ccc(Cl)cc2)cc1. The van der Waals surface area contributed by atoms with Gasteiger partial charge in [0.2, 0.25) is 5.91 Å². The largest absolute Gasteiger partial charge is 0.494 e. The van der Waals surface area contributed by atoms with Crippen LogP contribution in [0.4, 0.5) is 5.69 Å². The first-order valence-electron chi connectivity index (χ1n) is 10.5. The number of nitrogens with zero attached hydrogens (tertiary/aromatic N) is 3. The first kappa shape index (κ1) is 22.9. The van der Waals surface area contributed by atoms with Gasteiger partial charge in [0.15, 0.2) is 5.16 Å². The summed E-state index contributed by atoms with van der Waals surface area (Å²) in [6.07, 6.45) is 0.624. The molecule has 33 heavy (non-hydrogen) atoms. The third kappa shape index (κ3) is 6.15. The van der Waals surface area contributed by atoms with Gasteiger partial charge in [0.05, 0.1) is 12.4 Å². The Hall–Kier alpha value is -3.29. The van der Waals surface area contributed by atoms with E-state index in [1.54, 1.807) is 24.3 Å². The third-order valence-electron chi connectivity index (χ3n) is 4.77. The Morgan fingerprint density at radius 1 is 1.00 bits per heavy atom. The van der Waals surface area contributed by atoms with E-state index in [0.717, 1.165) is 22.8 Å². The number of aromatic nitrogens is 3. The van der Waals surface area contributed by atoms with E-state index in [-0.39, 0.29) is 11.7 Å². The molecule has 168 valence electrons. The summed E-state index contributed by atoms with van der Waals surface area (Å²) in [7, 11) is 0. The number of hydrogen-bond donors (Lipinski definition) is 1. The van der Waals surface area contributed by atoms with Gasteiger partial charge in [-0.25, -0.2) is 0 Å². The highest BCUT2D eigenvalue weighted by Gasteiger charge is 2.16. The molecule has 0 unspecified atom stereocenters. The van der Waals surface area contributed by atoms with Crippen LogP contribution in [0, 0.1) is 0 Å². The highest BCUT2D eigenvalue weighted by Crippen LogP contribution is 2.25. The number of nitrogens with one attached hydrogen (secondary N) is 1. The summed E-state index contributed by atoms with van der Waals surface area (Å²) in [6.45, 7) is 2.56. The van der Waals surface area contributed by atoms with Crippen LogP contribution in [-0.2, 0) is 11.2 Å². The van der Waals surface area contributed by atoms with Crippen LogP contribution in [0.3, 0.4) is 0 Å². The zero-order valence-corrected chi connectivity index (χ0v) is 19.6. The zero-order valence-electron chi connectivity index (χ0n) is 18.1. The summed E-state index contributed by atoms with van der Waals surface area (Å²) >= 11 is 7.25. The zero-order chi connectivity index (χ0) is 23.0. The highest BCUT2D eigenvalue weighted by molar-refractivity contribution is 7.99. The summed E-state index contributed by atoms with van der Waals surface area (Å²) in [6, 6.07) is 24.9. The highest BCUT2D eigenvalue weighted by atomic mass is 35.5. The summed E-state index contributed by atoms with van der Waals surface area (Å²) in [5.74, 6) is 1.66. The fourth-order valence-corrected chi connectivity index (χ4v) is 4.16. The van der Waals surface area contributed by atoms with Gasteiger partial charge in [0.25, 0.3) is 0 Å². The molecule has 0 atom stereocenters. The number of amides is 1. The van der Waals surface area contributed by atoms with Gasteiger partial charge in [0, 0.05) is 22.8 Å². The Balaban J connectivity index is 1.54. The maximum Gasteiger partial charge on any atom is 0.234 e. The Labute approximate surface area is 202 Å². The lowest BCUT2D eigenvalue weighted by atomic mass is 10.1. The van der Waals surface area contributed by atoms with E-state index in [0.29, 0.717) is 28.9 Å². The number of benzene rings is 3. The van der Waals surface area contributed by atoms with E-state index in [4.69, 9.17) is 16.3 Å². The molecule has 0 fully saturated rings. The van der Waals surface area contributed by atoms with Crippen molar-refractivity contribution in [3.63, 3.8) is 0 Å². The van der Waals surface area contributed by atoms with E-state index in [1.165, 1.54) is 11.8 Å². The van der Waals surface area contributed by atoms with Crippen molar-refractivity contribution < 1.29 is 9.53 Å². The molecule has 0 saturated carbocycles. The van der Waals surface area contributed by atoms with Gasteiger partial charge in [-0.15, -0.1) is 10.2 Å². The average Bonchev–Trinajstić information content (AvgIpc) is 3.23.